The Labute approximate surface area is 220 Å². The molecule has 0 N–H and O–H groups in total. The van der Waals surface area contributed by atoms with Gasteiger partial charge in [0, 0.05) is 51.0 Å². The van der Waals surface area contributed by atoms with Crippen LogP contribution < -0.4 is 14.5 Å². The summed E-state index contributed by atoms with van der Waals surface area (Å²) in [5.41, 5.74) is 4.24. The first-order chi connectivity index (χ1) is 17.1. The van der Waals surface area contributed by atoms with Crippen LogP contribution in [0.15, 0.2) is 12.1 Å². The van der Waals surface area contributed by atoms with Crippen molar-refractivity contribution < 1.29 is 13.2 Å². The van der Waals surface area contributed by atoms with E-state index in [-0.39, 0.29) is 11.5 Å². The van der Waals surface area contributed by atoms with Gasteiger partial charge < -0.3 is 14.5 Å². The minimum absolute atomic E-state index is 0.226. The summed E-state index contributed by atoms with van der Waals surface area (Å²) in [6, 6.07) is 4.64. The summed E-state index contributed by atoms with van der Waals surface area (Å²) in [4.78, 5) is 7.42. The van der Waals surface area contributed by atoms with E-state index in [1.165, 1.54) is 56.3 Å². The van der Waals surface area contributed by atoms with Gasteiger partial charge in [-0.3, -0.25) is 4.90 Å². The Balaban J connectivity index is 1.62. The van der Waals surface area contributed by atoms with E-state index in [1.54, 1.807) is 7.11 Å². The SMILES string of the molecule is CCCCN1CCN(c2cc(OC)c(N3CCS(=O)(=O)CC3)cc2C2CCC(C(C)(C)C)CC2)CC1. The van der Waals surface area contributed by atoms with Crippen LogP contribution >= 0.6 is 0 Å². The van der Waals surface area contributed by atoms with Gasteiger partial charge in [0.15, 0.2) is 9.84 Å². The molecule has 0 unspecified atom stereocenters. The highest BCUT2D eigenvalue weighted by Gasteiger charge is 2.33. The highest BCUT2D eigenvalue weighted by atomic mass is 32.2. The van der Waals surface area contributed by atoms with Crippen molar-refractivity contribution >= 4 is 21.2 Å². The van der Waals surface area contributed by atoms with Crippen molar-refractivity contribution in [3.8, 4) is 5.75 Å². The molecule has 1 aromatic carbocycles. The molecule has 2 saturated heterocycles. The topological polar surface area (TPSA) is 53.1 Å². The maximum Gasteiger partial charge on any atom is 0.153 e. The van der Waals surface area contributed by atoms with E-state index in [0.29, 0.717) is 24.4 Å². The number of piperazine rings is 1. The van der Waals surface area contributed by atoms with Gasteiger partial charge in [0.1, 0.15) is 5.75 Å². The zero-order chi connectivity index (χ0) is 25.9. The number of hydrogen-bond acceptors (Lipinski definition) is 6. The fraction of sp³-hybridized carbons (Fsp3) is 0.793. The lowest BCUT2D eigenvalue weighted by Gasteiger charge is -2.41. The number of rotatable bonds is 7. The van der Waals surface area contributed by atoms with E-state index in [9.17, 15) is 8.42 Å². The lowest BCUT2D eigenvalue weighted by Crippen LogP contribution is -2.47. The molecule has 0 spiro atoms. The molecule has 6 nitrogen and oxygen atoms in total. The van der Waals surface area contributed by atoms with Crippen molar-refractivity contribution in [2.45, 2.75) is 72.1 Å². The maximum absolute atomic E-state index is 12.1. The number of methoxy groups -OCH3 is 1. The minimum atomic E-state index is -2.93. The van der Waals surface area contributed by atoms with Crippen LogP contribution in [0.4, 0.5) is 11.4 Å². The van der Waals surface area contributed by atoms with Gasteiger partial charge in [-0.15, -0.1) is 0 Å². The number of sulfone groups is 1. The van der Waals surface area contributed by atoms with Crippen molar-refractivity contribution in [2.75, 3.05) is 74.2 Å². The second-order valence-electron chi connectivity index (χ2n) is 12.3. The second-order valence-corrected chi connectivity index (χ2v) is 14.6. The zero-order valence-electron chi connectivity index (χ0n) is 23.4. The number of hydrogen-bond donors (Lipinski definition) is 0. The second kappa shape index (κ2) is 11.5. The zero-order valence-corrected chi connectivity index (χ0v) is 24.2. The number of nitrogens with zero attached hydrogens (tertiary/aromatic N) is 3. The van der Waals surface area contributed by atoms with Gasteiger partial charge in [0.2, 0.25) is 0 Å². The molecule has 0 radical (unpaired) electrons. The highest BCUT2D eigenvalue weighted by Crippen LogP contribution is 2.48. The van der Waals surface area contributed by atoms with Crippen molar-refractivity contribution in [3.63, 3.8) is 0 Å². The molecule has 2 aliphatic heterocycles. The van der Waals surface area contributed by atoms with Crippen LogP contribution in [0.5, 0.6) is 5.75 Å². The van der Waals surface area contributed by atoms with Crippen LogP contribution in [0.2, 0.25) is 0 Å². The van der Waals surface area contributed by atoms with Crippen LogP contribution in [0.3, 0.4) is 0 Å². The summed E-state index contributed by atoms with van der Waals surface area (Å²) in [6.45, 7) is 16.1. The van der Waals surface area contributed by atoms with E-state index < -0.39 is 9.84 Å². The Morgan fingerprint density at radius 2 is 1.50 bits per heavy atom. The Bertz CT molecular complexity index is 958. The quantitative estimate of drug-likeness (QED) is 0.495. The van der Waals surface area contributed by atoms with Gasteiger partial charge >= 0.3 is 0 Å². The van der Waals surface area contributed by atoms with Gasteiger partial charge in [0.05, 0.1) is 24.3 Å². The molecule has 204 valence electrons. The molecule has 3 aliphatic rings. The molecule has 4 rings (SSSR count). The third-order valence-electron chi connectivity index (χ3n) is 8.95. The Morgan fingerprint density at radius 1 is 0.889 bits per heavy atom. The largest absolute Gasteiger partial charge is 0.495 e. The predicted octanol–water partition coefficient (Wildman–Crippen LogP) is 5.17. The van der Waals surface area contributed by atoms with E-state index in [1.807, 2.05) is 0 Å². The fourth-order valence-electron chi connectivity index (χ4n) is 6.40. The van der Waals surface area contributed by atoms with E-state index >= 15 is 0 Å². The first kappa shape index (κ1) is 27.6. The van der Waals surface area contributed by atoms with Crippen molar-refractivity contribution in [1.29, 1.82) is 0 Å². The molecule has 1 aliphatic carbocycles. The van der Waals surface area contributed by atoms with Crippen molar-refractivity contribution in [2.24, 2.45) is 11.3 Å². The molecule has 3 fully saturated rings. The molecule has 1 aromatic rings. The Morgan fingerprint density at radius 3 is 2.06 bits per heavy atom. The van der Waals surface area contributed by atoms with E-state index in [0.717, 1.165) is 43.5 Å². The van der Waals surface area contributed by atoms with Gasteiger partial charge in [-0.1, -0.05) is 34.1 Å². The molecule has 36 heavy (non-hydrogen) atoms. The highest BCUT2D eigenvalue weighted by molar-refractivity contribution is 7.91. The lowest BCUT2D eigenvalue weighted by atomic mass is 9.68. The average Bonchev–Trinajstić information content (AvgIpc) is 2.87. The van der Waals surface area contributed by atoms with Crippen LogP contribution in [-0.2, 0) is 9.84 Å². The Kier molecular flexibility index (Phi) is 8.81. The van der Waals surface area contributed by atoms with E-state index in [4.69, 9.17) is 4.74 Å². The minimum Gasteiger partial charge on any atom is -0.495 e. The van der Waals surface area contributed by atoms with Gasteiger partial charge in [0.25, 0.3) is 0 Å². The van der Waals surface area contributed by atoms with Gasteiger partial charge in [-0.25, -0.2) is 8.42 Å². The Hall–Kier alpha value is -1.47. The summed E-state index contributed by atoms with van der Waals surface area (Å²) in [5, 5.41) is 0. The molecule has 0 amide bonds. The summed E-state index contributed by atoms with van der Waals surface area (Å²) in [5.74, 6) is 2.66. The monoisotopic (exact) mass is 519 g/mol. The van der Waals surface area contributed by atoms with Crippen molar-refractivity contribution in [3.05, 3.63) is 17.7 Å². The molecular weight excluding hydrogens is 470 g/mol. The summed E-state index contributed by atoms with van der Waals surface area (Å²) < 4.78 is 30.1. The van der Waals surface area contributed by atoms with Crippen molar-refractivity contribution in [1.82, 2.24) is 4.90 Å². The first-order valence-corrected chi connectivity index (χ1v) is 16.1. The molecule has 0 atom stereocenters. The van der Waals surface area contributed by atoms with Crippen LogP contribution in [-0.4, -0.2) is 77.7 Å². The molecule has 0 bridgehead atoms. The third-order valence-corrected chi connectivity index (χ3v) is 10.6. The van der Waals surface area contributed by atoms with Crippen LogP contribution in [0.25, 0.3) is 0 Å². The number of benzene rings is 1. The molecule has 7 heteroatoms. The third kappa shape index (κ3) is 6.50. The number of anilines is 2. The predicted molar refractivity (Wildman–Crippen MR) is 152 cm³/mol. The summed E-state index contributed by atoms with van der Waals surface area (Å²) in [6.07, 6.45) is 7.54. The maximum atomic E-state index is 12.1. The van der Waals surface area contributed by atoms with Crippen LogP contribution in [0, 0.1) is 11.3 Å². The normalized spacial score (nSPS) is 25.7. The van der Waals surface area contributed by atoms with Crippen LogP contribution in [0.1, 0.15) is 77.7 Å². The summed E-state index contributed by atoms with van der Waals surface area (Å²) in [7, 11) is -1.18. The van der Waals surface area contributed by atoms with Gasteiger partial charge in [-0.2, -0.15) is 0 Å². The molecule has 0 aromatic heterocycles. The lowest BCUT2D eigenvalue weighted by molar-refractivity contribution is 0.169. The standard InChI is InChI=1S/C29H49N3O3S/c1-6-7-12-30-13-15-31(16-14-30)26-22-28(35-5)27(32-17-19-36(33,34)20-18-32)21-25(26)23-8-10-24(11-9-23)29(2,3)4/h21-24H,6-20H2,1-5H3. The molecule has 2 heterocycles. The summed E-state index contributed by atoms with van der Waals surface area (Å²) >= 11 is 0. The fourth-order valence-corrected chi connectivity index (χ4v) is 7.60. The first-order valence-electron chi connectivity index (χ1n) is 14.3. The number of ether oxygens (including phenoxy) is 1. The molecule has 1 saturated carbocycles. The number of unbranched alkanes of at least 4 members (excludes halogenated alkanes) is 1. The van der Waals surface area contributed by atoms with E-state index in [2.05, 4.69) is 54.5 Å². The van der Waals surface area contributed by atoms with Gasteiger partial charge in [-0.05, 0) is 67.5 Å². The smallest absolute Gasteiger partial charge is 0.153 e. The average molecular weight is 520 g/mol. The molecular formula is C29H49N3O3S.